The van der Waals surface area contributed by atoms with Crippen molar-refractivity contribution in [3.8, 4) is 5.13 Å². The van der Waals surface area contributed by atoms with Gasteiger partial charge in [-0.15, -0.1) is 0 Å². The fourth-order valence-corrected chi connectivity index (χ4v) is 2.32. The van der Waals surface area contributed by atoms with E-state index in [9.17, 15) is 9.59 Å². The molecule has 2 rings (SSSR count). The standard InChI is InChI=1S/C12H13N3O3S/c1-4-18-11(17)10-9(6-16)5-15(14-10)12-13-7(2)8(3)19-12/h5-6H,4H2,1-3H3. The third-order valence-corrected chi connectivity index (χ3v) is 3.61. The Bertz CT molecular complexity index is 611. The summed E-state index contributed by atoms with van der Waals surface area (Å²) in [6.45, 7) is 5.78. The maximum atomic E-state index is 11.7. The molecule has 2 aromatic heterocycles. The van der Waals surface area contributed by atoms with Gasteiger partial charge in [-0.3, -0.25) is 4.79 Å². The number of rotatable bonds is 4. The van der Waals surface area contributed by atoms with Crippen molar-refractivity contribution in [2.45, 2.75) is 20.8 Å². The highest BCUT2D eigenvalue weighted by molar-refractivity contribution is 7.14. The summed E-state index contributed by atoms with van der Waals surface area (Å²) in [7, 11) is 0. The van der Waals surface area contributed by atoms with Crippen LogP contribution >= 0.6 is 11.3 Å². The van der Waals surface area contributed by atoms with Crippen molar-refractivity contribution in [3.05, 3.63) is 28.0 Å². The molecule has 0 N–H and O–H groups in total. The highest BCUT2D eigenvalue weighted by atomic mass is 32.1. The average Bonchev–Trinajstić information content (AvgIpc) is 2.94. The highest BCUT2D eigenvalue weighted by Crippen LogP contribution is 2.21. The molecule has 0 bridgehead atoms. The van der Waals surface area contributed by atoms with Crippen molar-refractivity contribution in [1.82, 2.24) is 14.8 Å². The number of carbonyl (C=O) groups excluding carboxylic acids is 2. The van der Waals surface area contributed by atoms with E-state index in [4.69, 9.17) is 4.74 Å². The smallest absolute Gasteiger partial charge is 0.359 e. The lowest BCUT2D eigenvalue weighted by Crippen LogP contribution is -2.08. The molecule has 19 heavy (non-hydrogen) atoms. The van der Waals surface area contributed by atoms with Gasteiger partial charge in [-0.2, -0.15) is 5.10 Å². The fraction of sp³-hybridized carbons (Fsp3) is 0.333. The van der Waals surface area contributed by atoms with Gasteiger partial charge in [0.05, 0.1) is 17.9 Å². The molecule has 0 aliphatic rings. The topological polar surface area (TPSA) is 74.1 Å². The molecule has 2 heterocycles. The quantitative estimate of drug-likeness (QED) is 0.631. The van der Waals surface area contributed by atoms with E-state index in [1.165, 1.54) is 22.2 Å². The Labute approximate surface area is 114 Å². The maximum absolute atomic E-state index is 11.7. The SMILES string of the molecule is CCOC(=O)c1nn(-c2nc(C)c(C)s2)cc1C=O. The molecule has 0 saturated heterocycles. The molecule has 0 fully saturated rings. The minimum absolute atomic E-state index is 0.0161. The molecular formula is C12H13N3O3S. The predicted octanol–water partition coefficient (Wildman–Crippen LogP) is 1.93. The highest BCUT2D eigenvalue weighted by Gasteiger charge is 2.19. The van der Waals surface area contributed by atoms with Crippen LogP contribution in [0.25, 0.3) is 5.13 Å². The first-order chi connectivity index (χ1) is 9.06. The molecule has 0 atom stereocenters. The van der Waals surface area contributed by atoms with Crippen LogP contribution in [-0.2, 0) is 4.74 Å². The number of aldehydes is 1. The normalized spacial score (nSPS) is 10.5. The van der Waals surface area contributed by atoms with Gasteiger partial charge in [-0.05, 0) is 20.8 Å². The first-order valence-electron chi connectivity index (χ1n) is 5.73. The van der Waals surface area contributed by atoms with Crippen molar-refractivity contribution >= 4 is 23.6 Å². The van der Waals surface area contributed by atoms with E-state index in [0.29, 0.717) is 11.4 Å². The van der Waals surface area contributed by atoms with Crippen LogP contribution in [0.1, 0.15) is 38.3 Å². The lowest BCUT2D eigenvalue weighted by atomic mass is 10.3. The first kappa shape index (κ1) is 13.4. The number of carbonyl (C=O) groups is 2. The summed E-state index contributed by atoms with van der Waals surface area (Å²) in [5.41, 5.74) is 1.12. The summed E-state index contributed by atoms with van der Waals surface area (Å²) < 4.78 is 6.29. The third kappa shape index (κ3) is 2.55. The summed E-state index contributed by atoms with van der Waals surface area (Å²) >= 11 is 1.45. The minimum Gasteiger partial charge on any atom is -0.461 e. The van der Waals surface area contributed by atoms with Crippen LogP contribution in [0.3, 0.4) is 0 Å². The van der Waals surface area contributed by atoms with Crippen LogP contribution in [-0.4, -0.2) is 33.6 Å². The Morgan fingerprint density at radius 3 is 2.79 bits per heavy atom. The first-order valence-corrected chi connectivity index (χ1v) is 6.54. The van der Waals surface area contributed by atoms with E-state index in [1.54, 1.807) is 6.92 Å². The fourth-order valence-electron chi connectivity index (χ4n) is 1.48. The van der Waals surface area contributed by atoms with Crippen molar-refractivity contribution in [3.63, 3.8) is 0 Å². The molecule has 2 aromatic rings. The second-order valence-electron chi connectivity index (χ2n) is 3.85. The molecule has 0 saturated carbocycles. The van der Waals surface area contributed by atoms with Gasteiger partial charge in [-0.1, -0.05) is 11.3 Å². The van der Waals surface area contributed by atoms with Crippen LogP contribution in [0.5, 0.6) is 0 Å². The van der Waals surface area contributed by atoms with Gasteiger partial charge in [0.2, 0.25) is 5.13 Å². The number of esters is 1. The molecule has 0 amide bonds. The van der Waals surface area contributed by atoms with Gasteiger partial charge in [0.25, 0.3) is 0 Å². The summed E-state index contributed by atoms with van der Waals surface area (Å²) in [5, 5.41) is 4.70. The van der Waals surface area contributed by atoms with Crippen molar-refractivity contribution in [2.24, 2.45) is 0 Å². The predicted molar refractivity (Wildman–Crippen MR) is 70.1 cm³/mol. The molecule has 7 heteroatoms. The molecule has 0 radical (unpaired) electrons. The molecule has 0 unspecified atom stereocenters. The van der Waals surface area contributed by atoms with Crippen LogP contribution in [0.2, 0.25) is 0 Å². The second-order valence-corrected chi connectivity index (χ2v) is 5.04. The van der Waals surface area contributed by atoms with Gasteiger partial charge in [0, 0.05) is 11.1 Å². The number of aromatic nitrogens is 3. The molecule has 100 valence electrons. The van der Waals surface area contributed by atoms with E-state index in [0.717, 1.165) is 10.6 Å². The second kappa shape index (κ2) is 5.31. The van der Waals surface area contributed by atoms with Crippen molar-refractivity contribution in [1.29, 1.82) is 0 Å². The Morgan fingerprint density at radius 1 is 1.53 bits per heavy atom. The average molecular weight is 279 g/mol. The van der Waals surface area contributed by atoms with Crippen LogP contribution in [0, 0.1) is 13.8 Å². The molecular weight excluding hydrogens is 266 g/mol. The number of hydrogen-bond acceptors (Lipinski definition) is 6. The zero-order valence-electron chi connectivity index (χ0n) is 10.8. The Kier molecular flexibility index (Phi) is 3.75. The minimum atomic E-state index is -0.603. The zero-order valence-corrected chi connectivity index (χ0v) is 11.7. The van der Waals surface area contributed by atoms with Gasteiger partial charge in [0.15, 0.2) is 12.0 Å². The largest absolute Gasteiger partial charge is 0.461 e. The van der Waals surface area contributed by atoms with E-state index in [1.807, 2.05) is 13.8 Å². The monoisotopic (exact) mass is 279 g/mol. The van der Waals surface area contributed by atoms with Crippen molar-refractivity contribution in [2.75, 3.05) is 6.61 Å². The molecule has 0 aliphatic carbocycles. The Hall–Kier alpha value is -2.02. The lowest BCUT2D eigenvalue weighted by molar-refractivity contribution is 0.0517. The maximum Gasteiger partial charge on any atom is 0.359 e. The lowest BCUT2D eigenvalue weighted by Gasteiger charge is -1.97. The summed E-state index contributed by atoms with van der Waals surface area (Å²) in [4.78, 5) is 28.0. The summed E-state index contributed by atoms with van der Waals surface area (Å²) in [5.74, 6) is -0.603. The summed E-state index contributed by atoms with van der Waals surface area (Å²) in [6.07, 6.45) is 2.07. The van der Waals surface area contributed by atoms with E-state index >= 15 is 0 Å². The van der Waals surface area contributed by atoms with Gasteiger partial charge in [0.1, 0.15) is 0 Å². The van der Waals surface area contributed by atoms with E-state index < -0.39 is 5.97 Å². The molecule has 6 nitrogen and oxygen atoms in total. The third-order valence-electron chi connectivity index (χ3n) is 2.55. The summed E-state index contributed by atoms with van der Waals surface area (Å²) in [6, 6.07) is 0. The molecule has 0 aliphatic heterocycles. The van der Waals surface area contributed by atoms with Crippen molar-refractivity contribution < 1.29 is 14.3 Å². The van der Waals surface area contributed by atoms with Crippen LogP contribution in [0.4, 0.5) is 0 Å². The van der Waals surface area contributed by atoms with E-state index in [-0.39, 0.29) is 17.9 Å². The van der Waals surface area contributed by atoms with Gasteiger partial charge in [-0.25, -0.2) is 14.5 Å². The number of aryl methyl sites for hydroxylation is 2. The van der Waals surface area contributed by atoms with Gasteiger partial charge >= 0.3 is 5.97 Å². The number of nitrogens with zero attached hydrogens (tertiary/aromatic N) is 3. The number of hydrogen-bond donors (Lipinski definition) is 0. The van der Waals surface area contributed by atoms with Crippen LogP contribution < -0.4 is 0 Å². The molecule has 0 spiro atoms. The van der Waals surface area contributed by atoms with Crippen LogP contribution in [0.15, 0.2) is 6.20 Å². The van der Waals surface area contributed by atoms with Gasteiger partial charge < -0.3 is 4.74 Å². The Morgan fingerprint density at radius 2 is 2.26 bits per heavy atom. The number of ether oxygens (including phenoxy) is 1. The van der Waals surface area contributed by atoms with E-state index in [2.05, 4.69) is 10.1 Å². The zero-order chi connectivity index (χ0) is 14.0. The Balaban J connectivity index is 2.43. The number of thiazole rings is 1. The molecule has 0 aromatic carbocycles.